The van der Waals surface area contributed by atoms with Crippen LogP contribution in [-0.2, 0) is 55.1 Å². The van der Waals surface area contributed by atoms with Crippen molar-refractivity contribution in [3.05, 3.63) is 29.4 Å². The third-order valence-electron chi connectivity index (χ3n) is 4.32. The topological polar surface area (TPSA) is 60.3 Å². The molecule has 1 aromatic rings. The fourth-order valence-electron chi connectivity index (χ4n) is 2.69. The molecule has 1 amide bonds. The predicted octanol–water partition coefficient (Wildman–Crippen LogP) is 2.08. The van der Waals surface area contributed by atoms with Crippen LogP contribution in [0.1, 0.15) is 48.3 Å². The van der Waals surface area contributed by atoms with Crippen LogP contribution in [0, 0.1) is 24.2 Å². The molecule has 0 aromatic carbocycles. The summed E-state index contributed by atoms with van der Waals surface area (Å²) in [5.74, 6) is 0.944. The standard InChI is InChI=1S/C17H21N2O3.Y/c1-5-11(2)12(3)16(20)18-19-10-13-8-6-7-9-14(13)15(19)17(21)22-4;/h10-12H,6-9H2,2-4H3,(H,18,20);/q-1;/t11-,12+;/m0./s1. The van der Waals surface area contributed by atoms with Crippen LogP contribution in [0.2, 0.25) is 0 Å². The molecule has 0 unspecified atom stereocenters. The minimum absolute atomic E-state index is 0. The number of amides is 1. The second kappa shape index (κ2) is 8.66. The maximum absolute atomic E-state index is 12.3. The monoisotopic (exact) mass is 390 g/mol. The minimum Gasteiger partial charge on any atom is -0.693 e. The van der Waals surface area contributed by atoms with Gasteiger partial charge in [0.1, 0.15) is 0 Å². The first-order chi connectivity index (χ1) is 10.5. The zero-order chi connectivity index (χ0) is 16.3. The first kappa shape index (κ1) is 19.9. The largest absolute Gasteiger partial charge is 0.693 e. The Balaban J connectivity index is 0.00000264. The van der Waals surface area contributed by atoms with Crippen LogP contribution in [-0.4, -0.2) is 23.7 Å². The zero-order valence-corrected chi connectivity index (χ0v) is 16.6. The molecule has 2 atom stereocenters. The fourth-order valence-corrected chi connectivity index (χ4v) is 2.69. The van der Waals surface area contributed by atoms with Gasteiger partial charge >= 0.3 is 5.97 Å². The summed E-state index contributed by atoms with van der Waals surface area (Å²) in [6, 6.07) is 0. The van der Waals surface area contributed by atoms with Gasteiger partial charge in [0, 0.05) is 44.8 Å². The Kier molecular flexibility index (Phi) is 7.50. The molecular formula is C17H21N2O3Y-. The van der Waals surface area contributed by atoms with Crippen molar-refractivity contribution in [2.45, 2.75) is 39.5 Å². The summed E-state index contributed by atoms with van der Waals surface area (Å²) in [7, 11) is 1.34. The number of fused-ring (bicyclic) bond motifs is 1. The summed E-state index contributed by atoms with van der Waals surface area (Å²) in [6.07, 6.45) is 12.8. The second-order valence-electron chi connectivity index (χ2n) is 5.75. The molecule has 0 saturated carbocycles. The van der Waals surface area contributed by atoms with Gasteiger partial charge in [0.05, 0.1) is 7.11 Å². The summed E-state index contributed by atoms with van der Waals surface area (Å²) in [6.45, 7) is 3.50. The number of nitrogens with one attached hydrogen (secondary N) is 1. The molecule has 23 heavy (non-hydrogen) atoms. The number of aryl methyl sites for hydroxylation is 1. The van der Waals surface area contributed by atoms with Gasteiger partial charge in [-0.05, 0) is 42.7 Å². The number of rotatable bonds is 4. The molecule has 5 nitrogen and oxygen atoms in total. The number of methoxy groups -OCH3 is 1. The van der Waals surface area contributed by atoms with E-state index in [-0.39, 0.29) is 44.5 Å². The van der Waals surface area contributed by atoms with E-state index in [1.165, 1.54) is 11.8 Å². The number of ether oxygens (including phenoxy) is 1. The van der Waals surface area contributed by atoms with E-state index >= 15 is 0 Å². The maximum Gasteiger partial charge on any atom is 0.356 e. The van der Waals surface area contributed by atoms with Gasteiger partial charge in [0.25, 0.3) is 0 Å². The number of hydrogen-bond donors (Lipinski definition) is 1. The van der Waals surface area contributed by atoms with Crippen LogP contribution < -0.4 is 5.43 Å². The molecule has 0 fully saturated rings. The molecule has 1 aromatic heterocycles. The maximum atomic E-state index is 12.3. The SMILES string of the molecule is [C-]#C[C@H](C)[C@@H](C)C(=O)Nn1cc2c(c1C(=O)OC)CCCC2.[Y]. The average molecular weight is 390 g/mol. The molecule has 0 bridgehead atoms. The van der Waals surface area contributed by atoms with Gasteiger partial charge in [0.15, 0.2) is 5.69 Å². The van der Waals surface area contributed by atoms with Crippen LogP contribution in [0.25, 0.3) is 0 Å². The van der Waals surface area contributed by atoms with E-state index < -0.39 is 11.9 Å². The summed E-state index contributed by atoms with van der Waals surface area (Å²) in [5, 5.41) is 0. The van der Waals surface area contributed by atoms with Crippen molar-refractivity contribution in [3.8, 4) is 5.92 Å². The van der Waals surface area contributed by atoms with Crippen LogP contribution in [0.3, 0.4) is 0 Å². The molecule has 1 radical (unpaired) electrons. The molecule has 1 heterocycles. The zero-order valence-electron chi connectivity index (χ0n) is 13.8. The van der Waals surface area contributed by atoms with E-state index in [2.05, 4.69) is 11.3 Å². The third kappa shape index (κ3) is 4.25. The first-order valence-electron chi connectivity index (χ1n) is 7.54. The van der Waals surface area contributed by atoms with E-state index in [1.807, 2.05) is 6.20 Å². The number of aromatic nitrogens is 1. The molecular weight excluding hydrogens is 369 g/mol. The molecule has 0 saturated heterocycles. The van der Waals surface area contributed by atoms with Crippen molar-refractivity contribution in [2.24, 2.45) is 11.8 Å². The average Bonchev–Trinajstić information content (AvgIpc) is 2.90. The number of hydrogen-bond acceptors (Lipinski definition) is 3. The van der Waals surface area contributed by atoms with Gasteiger partial charge in [-0.2, -0.15) is 0 Å². The van der Waals surface area contributed by atoms with Crippen molar-refractivity contribution in [1.29, 1.82) is 0 Å². The van der Waals surface area contributed by atoms with E-state index in [0.29, 0.717) is 5.69 Å². The summed E-state index contributed by atoms with van der Waals surface area (Å²) < 4.78 is 6.34. The first-order valence-corrected chi connectivity index (χ1v) is 7.54. The van der Waals surface area contributed by atoms with Gasteiger partial charge in [-0.15, -0.1) is 0 Å². The van der Waals surface area contributed by atoms with E-state index in [0.717, 1.165) is 36.8 Å². The Bertz CT molecular complexity index is 631. The quantitative estimate of drug-likeness (QED) is 0.487. The molecule has 1 aliphatic rings. The van der Waals surface area contributed by atoms with Gasteiger partial charge < -0.3 is 17.1 Å². The molecule has 121 valence electrons. The van der Waals surface area contributed by atoms with Crippen molar-refractivity contribution >= 4 is 11.9 Å². The smallest absolute Gasteiger partial charge is 0.356 e. The normalized spacial score (nSPS) is 15.4. The van der Waals surface area contributed by atoms with E-state index in [1.54, 1.807) is 13.8 Å². The summed E-state index contributed by atoms with van der Waals surface area (Å²) in [4.78, 5) is 24.4. The molecule has 1 N–H and O–H groups in total. The molecule has 6 heteroatoms. The van der Waals surface area contributed by atoms with Gasteiger partial charge in [-0.3, -0.25) is 14.9 Å². The Morgan fingerprint density at radius 2 is 2.00 bits per heavy atom. The third-order valence-corrected chi connectivity index (χ3v) is 4.32. The van der Waals surface area contributed by atoms with E-state index in [4.69, 9.17) is 11.2 Å². The van der Waals surface area contributed by atoms with Gasteiger partial charge in [0.2, 0.25) is 5.91 Å². The van der Waals surface area contributed by atoms with Crippen LogP contribution in [0.15, 0.2) is 6.20 Å². The predicted molar refractivity (Wildman–Crippen MR) is 82.2 cm³/mol. The van der Waals surface area contributed by atoms with Crippen molar-refractivity contribution in [1.82, 2.24) is 4.68 Å². The van der Waals surface area contributed by atoms with Crippen molar-refractivity contribution < 1.29 is 47.0 Å². The Morgan fingerprint density at radius 1 is 1.35 bits per heavy atom. The van der Waals surface area contributed by atoms with Crippen molar-refractivity contribution in [3.63, 3.8) is 0 Å². The Hall–Kier alpha value is -1.12. The van der Waals surface area contributed by atoms with Crippen molar-refractivity contribution in [2.75, 3.05) is 12.5 Å². The van der Waals surface area contributed by atoms with E-state index in [9.17, 15) is 9.59 Å². The van der Waals surface area contributed by atoms with Crippen LogP contribution >= 0.6 is 0 Å². The number of carbonyl (C=O) groups is 2. The molecule has 0 aliphatic heterocycles. The fraction of sp³-hybridized carbons (Fsp3) is 0.529. The molecule has 0 spiro atoms. The molecule has 2 rings (SSSR count). The number of nitrogens with zero attached hydrogens (tertiary/aromatic N) is 1. The number of carbonyl (C=O) groups excluding carboxylic acids is 2. The Labute approximate surface area is 162 Å². The van der Waals surface area contributed by atoms with Crippen LogP contribution in [0.4, 0.5) is 0 Å². The van der Waals surface area contributed by atoms with Crippen LogP contribution in [0.5, 0.6) is 0 Å². The summed E-state index contributed by atoms with van der Waals surface area (Å²) >= 11 is 0. The number of esters is 1. The molecule has 1 aliphatic carbocycles. The second-order valence-corrected chi connectivity index (χ2v) is 5.75. The minimum atomic E-state index is -0.442. The Morgan fingerprint density at radius 3 is 2.61 bits per heavy atom. The van der Waals surface area contributed by atoms with Gasteiger partial charge in [-0.1, -0.05) is 13.8 Å². The summed E-state index contributed by atoms with van der Waals surface area (Å²) in [5.41, 5.74) is 5.22. The van der Waals surface area contributed by atoms with Gasteiger partial charge in [-0.25, -0.2) is 4.79 Å².